The fraction of sp³-hybridized carbons (Fsp3) is 0.467. The van der Waals surface area contributed by atoms with Crippen molar-refractivity contribution in [3.8, 4) is 0 Å². The van der Waals surface area contributed by atoms with Gasteiger partial charge < -0.3 is 5.11 Å². The summed E-state index contributed by atoms with van der Waals surface area (Å²) in [5.74, 6) is -0.362. The lowest BCUT2D eigenvalue weighted by molar-refractivity contribution is -0.143. The number of hydrogen-bond donors (Lipinski definition) is 1. The van der Waals surface area contributed by atoms with Gasteiger partial charge in [0.25, 0.3) is 0 Å². The zero-order chi connectivity index (χ0) is 13.0. The van der Waals surface area contributed by atoms with E-state index >= 15 is 0 Å². The highest BCUT2D eigenvalue weighted by atomic mass is 16.4. The Kier molecular flexibility index (Phi) is 4.13. The van der Waals surface area contributed by atoms with Crippen LogP contribution in [0.25, 0.3) is 0 Å². The fourth-order valence-corrected chi connectivity index (χ4v) is 2.62. The van der Waals surface area contributed by atoms with E-state index in [2.05, 4.69) is 0 Å². The van der Waals surface area contributed by atoms with Crippen LogP contribution in [-0.4, -0.2) is 16.9 Å². The predicted octanol–water partition coefficient (Wildman–Crippen LogP) is 3.15. The number of carboxylic acid groups (broad SMARTS) is 1. The van der Waals surface area contributed by atoms with Crippen molar-refractivity contribution in [1.82, 2.24) is 0 Å². The molecule has 96 valence electrons. The van der Waals surface area contributed by atoms with Crippen LogP contribution in [0.5, 0.6) is 0 Å². The average Bonchev–Trinajstić information content (AvgIpc) is 2.40. The Morgan fingerprint density at radius 3 is 2.22 bits per heavy atom. The van der Waals surface area contributed by atoms with E-state index in [-0.39, 0.29) is 11.7 Å². The molecule has 3 heteroatoms. The van der Waals surface area contributed by atoms with E-state index < -0.39 is 5.97 Å². The minimum Gasteiger partial charge on any atom is -0.481 e. The molecule has 2 rings (SSSR count). The number of hydrogen-bond acceptors (Lipinski definition) is 2. The van der Waals surface area contributed by atoms with Gasteiger partial charge in [-0.2, -0.15) is 0 Å². The monoisotopic (exact) mass is 246 g/mol. The maximum atomic E-state index is 12.0. The molecule has 1 aromatic rings. The molecule has 0 amide bonds. The summed E-state index contributed by atoms with van der Waals surface area (Å²) in [5.41, 5.74) is 0.762. The number of carbonyl (C=O) groups is 2. The molecular weight excluding hydrogens is 228 g/mol. The Morgan fingerprint density at radius 2 is 1.67 bits per heavy atom. The molecule has 0 saturated heterocycles. The van der Waals surface area contributed by atoms with Gasteiger partial charge in [-0.15, -0.1) is 0 Å². The van der Waals surface area contributed by atoms with Gasteiger partial charge >= 0.3 is 5.97 Å². The molecule has 18 heavy (non-hydrogen) atoms. The zero-order valence-electron chi connectivity index (χ0n) is 10.3. The summed E-state index contributed by atoms with van der Waals surface area (Å²) < 4.78 is 0. The molecular formula is C15H18O3. The van der Waals surface area contributed by atoms with E-state index in [0.29, 0.717) is 25.2 Å². The normalized spacial score (nSPS) is 23.6. The number of rotatable bonds is 4. The third-order valence-electron chi connectivity index (χ3n) is 3.77. The van der Waals surface area contributed by atoms with Crippen LogP contribution < -0.4 is 0 Å². The van der Waals surface area contributed by atoms with Crippen molar-refractivity contribution in [2.45, 2.75) is 32.1 Å². The van der Waals surface area contributed by atoms with Crippen LogP contribution in [0.4, 0.5) is 0 Å². The molecule has 0 heterocycles. The van der Waals surface area contributed by atoms with Crippen LogP contribution in [-0.2, 0) is 4.79 Å². The number of ketones is 1. The second-order valence-electron chi connectivity index (χ2n) is 5.05. The van der Waals surface area contributed by atoms with Crippen molar-refractivity contribution in [2.24, 2.45) is 11.8 Å². The molecule has 0 aromatic heterocycles. The molecule has 1 aliphatic carbocycles. The second kappa shape index (κ2) is 5.80. The number of aliphatic carboxylic acids is 1. The van der Waals surface area contributed by atoms with Crippen molar-refractivity contribution < 1.29 is 14.7 Å². The lowest BCUT2D eigenvalue weighted by Crippen LogP contribution is -2.22. The minimum absolute atomic E-state index is 0.175. The molecule has 0 bridgehead atoms. The standard InChI is InChI=1S/C15H18O3/c16-14(12-4-2-1-3-5-12)10-11-6-8-13(9-7-11)15(17)18/h1-5,11,13H,6-10H2,(H,17,18). The molecule has 1 fully saturated rings. The minimum atomic E-state index is -0.692. The zero-order valence-corrected chi connectivity index (χ0v) is 10.3. The van der Waals surface area contributed by atoms with Crippen LogP contribution in [0.2, 0.25) is 0 Å². The molecule has 0 atom stereocenters. The van der Waals surface area contributed by atoms with Gasteiger partial charge in [-0.3, -0.25) is 9.59 Å². The molecule has 0 aliphatic heterocycles. The lowest BCUT2D eigenvalue weighted by Gasteiger charge is -2.25. The van der Waals surface area contributed by atoms with Crippen molar-refractivity contribution in [3.05, 3.63) is 35.9 Å². The summed E-state index contributed by atoms with van der Waals surface area (Å²) >= 11 is 0. The Morgan fingerprint density at radius 1 is 1.06 bits per heavy atom. The lowest BCUT2D eigenvalue weighted by atomic mass is 9.79. The Labute approximate surface area is 107 Å². The highest BCUT2D eigenvalue weighted by molar-refractivity contribution is 5.96. The predicted molar refractivity (Wildman–Crippen MR) is 68.5 cm³/mol. The quantitative estimate of drug-likeness (QED) is 0.830. The largest absolute Gasteiger partial charge is 0.481 e. The Balaban J connectivity index is 1.85. The number of benzene rings is 1. The van der Waals surface area contributed by atoms with Crippen LogP contribution in [0.3, 0.4) is 0 Å². The van der Waals surface area contributed by atoms with E-state index in [1.54, 1.807) is 0 Å². The van der Waals surface area contributed by atoms with Gasteiger partial charge in [-0.1, -0.05) is 30.3 Å². The number of carboxylic acids is 1. The van der Waals surface area contributed by atoms with E-state index in [9.17, 15) is 9.59 Å². The molecule has 1 aromatic carbocycles. The van der Waals surface area contributed by atoms with Crippen LogP contribution in [0.1, 0.15) is 42.5 Å². The number of Topliss-reactive ketones (excluding diaryl/α,β-unsaturated/α-hetero) is 1. The van der Waals surface area contributed by atoms with Gasteiger partial charge in [0.15, 0.2) is 5.78 Å². The fourth-order valence-electron chi connectivity index (χ4n) is 2.62. The van der Waals surface area contributed by atoms with Gasteiger partial charge in [0.05, 0.1) is 5.92 Å². The maximum absolute atomic E-state index is 12.0. The van der Waals surface area contributed by atoms with Crippen molar-refractivity contribution in [2.75, 3.05) is 0 Å². The van der Waals surface area contributed by atoms with Crippen molar-refractivity contribution >= 4 is 11.8 Å². The van der Waals surface area contributed by atoms with E-state index in [4.69, 9.17) is 5.11 Å². The van der Waals surface area contributed by atoms with Crippen LogP contribution in [0.15, 0.2) is 30.3 Å². The maximum Gasteiger partial charge on any atom is 0.306 e. The van der Waals surface area contributed by atoms with E-state index in [1.165, 1.54) is 0 Å². The molecule has 1 aliphatic rings. The third-order valence-corrected chi connectivity index (χ3v) is 3.77. The van der Waals surface area contributed by atoms with E-state index in [0.717, 1.165) is 18.4 Å². The first-order valence-electron chi connectivity index (χ1n) is 6.48. The summed E-state index contributed by atoms with van der Waals surface area (Å²) in [5, 5.41) is 8.92. The smallest absolute Gasteiger partial charge is 0.306 e. The Hall–Kier alpha value is -1.64. The molecule has 0 radical (unpaired) electrons. The van der Waals surface area contributed by atoms with Crippen LogP contribution >= 0.6 is 0 Å². The summed E-state index contributed by atoms with van der Waals surface area (Å²) in [4.78, 5) is 22.8. The molecule has 3 nitrogen and oxygen atoms in total. The first-order chi connectivity index (χ1) is 8.66. The summed E-state index contributed by atoms with van der Waals surface area (Å²) in [6.07, 6.45) is 3.69. The summed E-state index contributed by atoms with van der Waals surface area (Å²) in [7, 11) is 0. The van der Waals surface area contributed by atoms with Crippen LogP contribution in [0, 0.1) is 11.8 Å². The first-order valence-corrected chi connectivity index (χ1v) is 6.48. The third kappa shape index (κ3) is 3.19. The van der Waals surface area contributed by atoms with Crippen molar-refractivity contribution in [1.29, 1.82) is 0 Å². The highest BCUT2D eigenvalue weighted by Gasteiger charge is 2.27. The second-order valence-corrected chi connectivity index (χ2v) is 5.05. The van der Waals surface area contributed by atoms with Gasteiger partial charge in [-0.05, 0) is 31.6 Å². The summed E-state index contributed by atoms with van der Waals surface area (Å²) in [6, 6.07) is 9.31. The summed E-state index contributed by atoms with van der Waals surface area (Å²) in [6.45, 7) is 0. The van der Waals surface area contributed by atoms with Gasteiger partial charge in [0.2, 0.25) is 0 Å². The molecule has 0 unspecified atom stereocenters. The SMILES string of the molecule is O=C(CC1CCC(C(=O)O)CC1)c1ccccc1. The van der Waals surface area contributed by atoms with E-state index in [1.807, 2.05) is 30.3 Å². The highest BCUT2D eigenvalue weighted by Crippen LogP contribution is 2.31. The van der Waals surface area contributed by atoms with Crippen molar-refractivity contribution in [3.63, 3.8) is 0 Å². The topological polar surface area (TPSA) is 54.4 Å². The average molecular weight is 246 g/mol. The number of carbonyl (C=O) groups excluding carboxylic acids is 1. The van der Waals surface area contributed by atoms with Gasteiger partial charge in [0, 0.05) is 12.0 Å². The Bertz CT molecular complexity index is 417. The molecule has 0 spiro atoms. The molecule has 1 N–H and O–H groups in total. The first kappa shape index (κ1) is 12.8. The van der Waals surface area contributed by atoms with Gasteiger partial charge in [0.1, 0.15) is 0 Å². The molecule has 1 saturated carbocycles. The van der Waals surface area contributed by atoms with Gasteiger partial charge in [-0.25, -0.2) is 0 Å².